The summed E-state index contributed by atoms with van der Waals surface area (Å²) in [5.41, 5.74) is 6.49. The molecule has 0 unspecified atom stereocenters. The summed E-state index contributed by atoms with van der Waals surface area (Å²) in [4.78, 5) is 21.6. The topological polar surface area (TPSA) is 61.7 Å². The quantitative estimate of drug-likeness (QED) is 0.250. The number of hydrogen-bond acceptors (Lipinski definition) is 5. The molecular formula is C32H35N5OS. The van der Waals surface area contributed by atoms with Crippen molar-refractivity contribution >= 4 is 27.9 Å². The second-order valence-electron chi connectivity index (χ2n) is 9.69. The maximum Gasteiger partial charge on any atom is 0.255 e. The van der Waals surface area contributed by atoms with E-state index in [-0.39, 0.29) is 5.91 Å². The molecule has 1 fully saturated rings. The van der Waals surface area contributed by atoms with Crippen LogP contribution >= 0.6 is 11.3 Å². The number of nitrogens with one attached hydrogen (secondary N) is 2. The zero-order chi connectivity index (χ0) is 27.0. The molecule has 2 N–H and O–H groups in total. The molecule has 6 nitrogen and oxygen atoms in total. The molecule has 0 bridgehead atoms. The first-order valence-electron chi connectivity index (χ1n) is 13.6. The molecule has 1 aliphatic rings. The van der Waals surface area contributed by atoms with Crippen molar-refractivity contribution in [2.45, 2.75) is 26.8 Å². The van der Waals surface area contributed by atoms with Gasteiger partial charge < -0.3 is 10.6 Å². The summed E-state index contributed by atoms with van der Waals surface area (Å²) in [6.07, 6.45) is 3.34. The predicted molar refractivity (Wildman–Crippen MR) is 162 cm³/mol. The summed E-state index contributed by atoms with van der Waals surface area (Å²) < 4.78 is 2.18. The lowest BCUT2D eigenvalue weighted by molar-refractivity contribution is 0.102. The maximum atomic E-state index is 13.2. The molecule has 1 amide bonds. The largest absolute Gasteiger partial charge is 0.321 e. The summed E-state index contributed by atoms with van der Waals surface area (Å²) in [5.74, 6) is -0.138. The van der Waals surface area contributed by atoms with E-state index in [2.05, 4.69) is 45.4 Å². The van der Waals surface area contributed by atoms with Crippen LogP contribution in [0.4, 0.5) is 5.69 Å². The van der Waals surface area contributed by atoms with E-state index in [1.165, 1.54) is 12.1 Å². The molecule has 6 rings (SSSR count). The number of carbonyl (C=O) groups excluding carboxylic acids is 1. The standard InChI is InChI=1S/C29H27N5OS.C3H8/c35-28(23-10-6-9-22(17-23)21-7-2-1-3-8-21)31-26-12-5-4-11-25(26)27-19-34-24(20-36-29(34)32-27)18-33-15-13-30-14-16-33;1-3-2/h1-12,17,19-20,30H,13-16,18H2,(H,31,35);3H2,1-2H3. The Morgan fingerprint density at radius 3 is 2.46 bits per heavy atom. The number of imidazole rings is 1. The number of anilines is 1. The van der Waals surface area contributed by atoms with E-state index in [0.29, 0.717) is 5.56 Å². The van der Waals surface area contributed by atoms with Gasteiger partial charge in [-0.1, -0.05) is 80.9 Å². The SMILES string of the molecule is CCC.O=C(Nc1ccccc1-c1cn2c(CN3CCNCC3)csc2n1)c1cccc(-c2ccccc2)c1. The van der Waals surface area contributed by atoms with Crippen LogP contribution in [-0.4, -0.2) is 46.4 Å². The van der Waals surface area contributed by atoms with Gasteiger partial charge in [0.25, 0.3) is 5.91 Å². The molecule has 0 atom stereocenters. The van der Waals surface area contributed by atoms with Crippen molar-refractivity contribution in [3.05, 3.63) is 102 Å². The Morgan fingerprint density at radius 1 is 0.949 bits per heavy atom. The molecule has 2 aromatic heterocycles. The van der Waals surface area contributed by atoms with Crippen LogP contribution in [0.1, 0.15) is 36.3 Å². The second-order valence-corrected chi connectivity index (χ2v) is 10.5. The lowest BCUT2D eigenvalue weighted by Crippen LogP contribution is -2.43. The molecule has 0 aliphatic carbocycles. The van der Waals surface area contributed by atoms with Gasteiger partial charge in [0.1, 0.15) is 0 Å². The average molecular weight is 538 g/mol. The Bertz CT molecular complexity index is 1520. The van der Waals surface area contributed by atoms with Gasteiger partial charge in [0.2, 0.25) is 0 Å². The van der Waals surface area contributed by atoms with Crippen molar-refractivity contribution in [3.63, 3.8) is 0 Å². The fraction of sp³-hybridized carbons (Fsp3) is 0.250. The highest BCUT2D eigenvalue weighted by Crippen LogP contribution is 2.30. The molecular weight excluding hydrogens is 502 g/mol. The van der Waals surface area contributed by atoms with Gasteiger partial charge in [-0.15, -0.1) is 11.3 Å². The summed E-state index contributed by atoms with van der Waals surface area (Å²) in [6.45, 7) is 9.33. The number of thiazole rings is 1. The van der Waals surface area contributed by atoms with Gasteiger partial charge in [0.15, 0.2) is 4.96 Å². The van der Waals surface area contributed by atoms with Gasteiger partial charge in [-0.25, -0.2) is 4.98 Å². The molecule has 0 radical (unpaired) electrons. The normalized spacial score (nSPS) is 13.6. The van der Waals surface area contributed by atoms with Crippen LogP contribution < -0.4 is 10.6 Å². The summed E-state index contributed by atoms with van der Waals surface area (Å²) in [6, 6.07) is 25.7. The fourth-order valence-corrected chi connectivity index (χ4v) is 5.52. The van der Waals surface area contributed by atoms with Crippen molar-refractivity contribution in [2.24, 2.45) is 0 Å². The second kappa shape index (κ2) is 12.8. The van der Waals surface area contributed by atoms with Gasteiger partial charge in [0.05, 0.1) is 11.4 Å². The summed E-state index contributed by atoms with van der Waals surface area (Å²) in [7, 11) is 0. The minimum atomic E-state index is -0.138. The van der Waals surface area contributed by atoms with E-state index in [9.17, 15) is 4.79 Å². The number of rotatable bonds is 6. The number of benzene rings is 3. The van der Waals surface area contributed by atoms with E-state index in [4.69, 9.17) is 4.98 Å². The van der Waals surface area contributed by atoms with Crippen LogP contribution in [0.5, 0.6) is 0 Å². The monoisotopic (exact) mass is 537 g/mol. The molecule has 5 aromatic rings. The molecule has 7 heteroatoms. The highest BCUT2D eigenvalue weighted by molar-refractivity contribution is 7.15. The van der Waals surface area contributed by atoms with E-state index in [1.807, 2.05) is 78.9 Å². The first kappa shape index (κ1) is 26.8. The molecule has 0 spiro atoms. The van der Waals surface area contributed by atoms with Crippen LogP contribution in [0.3, 0.4) is 0 Å². The lowest BCUT2D eigenvalue weighted by atomic mass is 10.0. The van der Waals surface area contributed by atoms with Crippen LogP contribution in [0.15, 0.2) is 90.4 Å². The van der Waals surface area contributed by atoms with Gasteiger partial charge in [-0.3, -0.25) is 14.1 Å². The average Bonchev–Trinajstić information content (AvgIpc) is 3.57. The number of carbonyl (C=O) groups is 1. The third-order valence-corrected chi connectivity index (χ3v) is 7.45. The van der Waals surface area contributed by atoms with Gasteiger partial charge in [0, 0.05) is 61.1 Å². The number of para-hydroxylation sites is 1. The van der Waals surface area contributed by atoms with Crippen molar-refractivity contribution in [1.29, 1.82) is 0 Å². The van der Waals surface area contributed by atoms with Gasteiger partial charge in [-0.2, -0.15) is 0 Å². The number of piperazine rings is 1. The predicted octanol–water partition coefficient (Wildman–Crippen LogP) is 6.80. The zero-order valence-electron chi connectivity index (χ0n) is 22.6. The van der Waals surface area contributed by atoms with Crippen molar-refractivity contribution in [1.82, 2.24) is 19.6 Å². The van der Waals surface area contributed by atoms with Gasteiger partial charge in [-0.05, 0) is 29.3 Å². The number of amides is 1. The first-order chi connectivity index (χ1) is 19.2. The van der Waals surface area contributed by atoms with E-state index in [0.717, 1.165) is 65.8 Å². The molecule has 200 valence electrons. The van der Waals surface area contributed by atoms with Crippen molar-refractivity contribution in [2.75, 3.05) is 31.5 Å². The lowest BCUT2D eigenvalue weighted by Gasteiger charge is -2.26. The molecule has 1 saturated heterocycles. The van der Waals surface area contributed by atoms with Crippen LogP contribution in [0, 0.1) is 0 Å². The summed E-state index contributed by atoms with van der Waals surface area (Å²) in [5, 5.41) is 8.73. The third-order valence-electron chi connectivity index (χ3n) is 6.56. The highest BCUT2D eigenvalue weighted by atomic mass is 32.1. The molecule has 0 saturated carbocycles. The zero-order valence-corrected chi connectivity index (χ0v) is 23.4. The Hall–Kier alpha value is -3.78. The number of fused-ring (bicyclic) bond motifs is 1. The molecule has 39 heavy (non-hydrogen) atoms. The fourth-order valence-electron chi connectivity index (χ4n) is 4.65. The Kier molecular flexibility index (Phi) is 8.83. The van der Waals surface area contributed by atoms with Gasteiger partial charge >= 0.3 is 0 Å². The Balaban J connectivity index is 0.000000983. The van der Waals surface area contributed by atoms with Crippen LogP contribution in [0.25, 0.3) is 27.3 Å². The molecule has 1 aliphatic heterocycles. The van der Waals surface area contributed by atoms with E-state index >= 15 is 0 Å². The first-order valence-corrected chi connectivity index (χ1v) is 14.5. The highest BCUT2D eigenvalue weighted by Gasteiger charge is 2.17. The smallest absolute Gasteiger partial charge is 0.255 e. The minimum Gasteiger partial charge on any atom is -0.321 e. The number of hydrogen-bond donors (Lipinski definition) is 2. The maximum absolute atomic E-state index is 13.2. The number of nitrogens with zero attached hydrogens (tertiary/aromatic N) is 3. The van der Waals surface area contributed by atoms with E-state index in [1.54, 1.807) is 11.3 Å². The van der Waals surface area contributed by atoms with E-state index < -0.39 is 0 Å². The number of aromatic nitrogens is 2. The molecule has 3 heterocycles. The Labute approximate surface area is 234 Å². The van der Waals surface area contributed by atoms with Crippen LogP contribution in [0.2, 0.25) is 0 Å². The molecule has 3 aromatic carbocycles. The summed E-state index contributed by atoms with van der Waals surface area (Å²) >= 11 is 1.66. The Morgan fingerprint density at radius 2 is 1.67 bits per heavy atom. The third kappa shape index (κ3) is 6.45. The van der Waals surface area contributed by atoms with Crippen molar-refractivity contribution < 1.29 is 4.79 Å². The minimum absolute atomic E-state index is 0.138. The van der Waals surface area contributed by atoms with Crippen LogP contribution in [-0.2, 0) is 6.54 Å². The van der Waals surface area contributed by atoms with Crippen molar-refractivity contribution in [3.8, 4) is 22.4 Å².